The Balaban J connectivity index is 1.51. The minimum absolute atomic E-state index is 0.0719. The molecule has 0 saturated carbocycles. The minimum atomic E-state index is -0.257. The molecular formula is C19H19FN4OS. The number of hydrogen-bond acceptors (Lipinski definition) is 4. The molecule has 2 aromatic carbocycles. The van der Waals surface area contributed by atoms with Gasteiger partial charge in [-0.3, -0.25) is 9.36 Å². The van der Waals surface area contributed by atoms with Crippen molar-refractivity contribution in [2.45, 2.75) is 18.5 Å². The highest BCUT2D eigenvalue weighted by Crippen LogP contribution is 2.21. The predicted molar refractivity (Wildman–Crippen MR) is 99.9 cm³/mol. The third-order valence-electron chi connectivity index (χ3n) is 3.79. The molecule has 0 unspecified atom stereocenters. The number of aromatic nitrogens is 3. The molecule has 0 bridgehead atoms. The molecule has 7 heteroatoms. The third-order valence-corrected chi connectivity index (χ3v) is 4.72. The molecule has 134 valence electrons. The van der Waals surface area contributed by atoms with Crippen LogP contribution in [0.3, 0.4) is 0 Å². The Kier molecular flexibility index (Phi) is 6.01. The molecule has 5 nitrogen and oxygen atoms in total. The fourth-order valence-corrected chi connectivity index (χ4v) is 3.32. The number of hydrogen-bond donors (Lipinski definition) is 1. The van der Waals surface area contributed by atoms with E-state index in [-0.39, 0.29) is 17.5 Å². The van der Waals surface area contributed by atoms with E-state index >= 15 is 0 Å². The Morgan fingerprint density at radius 2 is 1.85 bits per heavy atom. The topological polar surface area (TPSA) is 59.8 Å². The smallest absolute Gasteiger partial charge is 0.230 e. The molecule has 0 aliphatic heterocycles. The SMILES string of the molecule is Cc1nnc(SCC(=O)NCCc2ccc(F)cc2)n1-c1ccccc1. The van der Waals surface area contributed by atoms with Crippen LogP contribution in [0.15, 0.2) is 59.8 Å². The van der Waals surface area contributed by atoms with Gasteiger partial charge in [-0.1, -0.05) is 42.1 Å². The van der Waals surface area contributed by atoms with Crippen molar-refractivity contribution in [1.29, 1.82) is 0 Å². The summed E-state index contributed by atoms with van der Waals surface area (Å²) in [5.74, 6) is 0.703. The lowest BCUT2D eigenvalue weighted by molar-refractivity contribution is -0.118. The molecule has 0 atom stereocenters. The summed E-state index contributed by atoms with van der Waals surface area (Å²) >= 11 is 1.35. The molecule has 3 aromatic rings. The van der Waals surface area contributed by atoms with Crippen LogP contribution in [-0.4, -0.2) is 33.0 Å². The number of carbonyl (C=O) groups is 1. The second-order valence-corrected chi connectivity index (χ2v) is 6.66. The predicted octanol–water partition coefficient (Wildman–Crippen LogP) is 3.17. The molecule has 1 heterocycles. The van der Waals surface area contributed by atoms with Crippen molar-refractivity contribution in [3.8, 4) is 5.69 Å². The summed E-state index contributed by atoms with van der Waals surface area (Å²) in [5.41, 5.74) is 1.95. The molecule has 0 aliphatic carbocycles. The number of nitrogens with zero attached hydrogens (tertiary/aromatic N) is 3. The molecule has 0 radical (unpaired) electrons. The normalized spacial score (nSPS) is 10.7. The lowest BCUT2D eigenvalue weighted by Crippen LogP contribution is -2.27. The zero-order valence-corrected chi connectivity index (χ0v) is 15.2. The Morgan fingerprint density at radius 1 is 1.12 bits per heavy atom. The van der Waals surface area contributed by atoms with E-state index in [9.17, 15) is 9.18 Å². The van der Waals surface area contributed by atoms with Crippen LogP contribution in [0.4, 0.5) is 4.39 Å². The summed E-state index contributed by atoms with van der Waals surface area (Å²) in [6.45, 7) is 2.39. The molecule has 3 rings (SSSR count). The van der Waals surface area contributed by atoms with Crippen LogP contribution in [0.1, 0.15) is 11.4 Å². The molecule has 1 amide bonds. The molecule has 0 fully saturated rings. The van der Waals surface area contributed by atoms with Crippen LogP contribution in [0.5, 0.6) is 0 Å². The Bertz CT molecular complexity index is 865. The van der Waals surface area contributed by atoms with Crippen molar-refractivity contribution in [2.24, 2.45) is 0 Å². The second-order valence-electron chi connectivity index (χ2n) is 5.72. The van der Waals surface area contributed by atoms with Crippen molar-refractivity contribution in [3.05, 3.63) is 71.8 Å². The fraction of sp³-hybridized carbons (Fsp3) is 0.211. The van der Waals surface area contributed by atoms with Gasteiger partial charge in [-0.05, 0) is 43.2 Å². The molecule has 0 aliphatic rings. The maximum atomic E-state index is 12.9. The van der Waals surface area contributed by atoms with Crippen molar-refractivity contribution in [3.63, 3.8) is 0 Å². The van der Waals surface area contributed by atoms with Gasteiger partial charge in [0, 0.05) is 12.2 Å². The Morgan fingerprint density at radius 3 is 2.58 bits per heavy atom. The molecule has 26 heavy (non-hydrogen) atoms. The third kappa shape index (κ3) is 4.70. The lowest BCUT2D eigenvalue weighted by Gasteiger charge is -2.08. The highest BCUT2D eigenvalue weighted by atomic mass is 32.2. The number of rotatable bonds is 7. The number of para-hydroxylation sites is 1. The van der Waals surface area contributed by atoms with Crippen molar-refractivity contribution in [2.75, 3.05) is 12.3 Å². The zero-order valence-electron chi connectivity index (χ0n) is 14.4. The maximum absolute atomic E-state index is 12.9. The van der Waals surface area contributed by atoms with Gasteiger partial charge in [-0.25, -0.2) is 4.39 Å². The quantitative estimate of drug-likeness (QED) is 0.649. The first-order valence-corrected chi connectivity index (χ1v) is 9.23. The first kappa shape index (κ1) is 18.1. The van der Waals surface area contributed by atoms with Crippen molar-refractivity contribution < 1.29 is 9.18 Å². The summed E-state index contributed by atoms with van der Waals surface area (Å²) in [4.78, 5) is 12.1. The van der Waals surface area contributed by atoms with Crippen LogP contribution >= 0.6 is 11.8 Å². The minimum Gasteiger partial charge on any atom is -0.355 e. The van der Waals surface area contributed by atoms with Crippen LogP contribution in [-0.2, 0) is 11.2 Å². The number of amides is 1. The van der Waals surface area contributed by atoms with Crippen LogP contribution in [0.25, 0.3) is 5.69 Å². The largest absolute Gasteiger partial charge is 0.355 e. The second kappa shape index (κ2) is 8.62. The average molecular weight is 370 g/mol. The fourth-order valence-electron chi connectivity index (χ4n) is 2.49. The number of aryl methyl sites for hydroxylation is 1. The van der Waals surface area contributed by atoms with Gasteiger partial charge in [-0.15, -0.1) is 10.2 Å². The van der Waals surface area contributed by atoms with Gasteiger partial charge in [0.1, 0.15) is 11.6 Å². The van der Waals surface area contributed by atoms with Crippen LogP contribution < -0.4 is 5.32 Å². The Labute approximate surface area is 155 Å². The molecule has 1 N–H and O–H groups in total. The number of halogens is 1. The van der Waals surface area contributed by atoms with E-state index < -0.39 is 0 Å². The van der Waals surface area contributed by atoms with E-state index in [0.717, 1.165) is 17.1 Å². The van der Waals surface area contributed by atoms with Gasteiger partial charge in [0.25, 0.3) is 0 Å². The highest BCUT2D eigenvalue weighted by Gasteiger charge is 2.13. The maximum Gasteiger partial charge on any atom is 0.230 e. The first-order valence-electron chi connectivity index (χ1n) is 8.25. The molecule has 0 saturated heterocycles. The van der Waals surface area contributed by atoms with Crippen molar-refractivity contribution >= 4 is 17.7 Å². The average Bonchev–Trinajstić information content (AvgIpc) is 3.03. The summed E-state index contributed by atoms with van der Waals surface area (Å²) in [5, 5.41) is 11.8. The number of benzene rings is 2. The number of nitrogens with one attached hydrogen (secondary N) is 1. The highest BCUT2D eigenvalue weighted by molar-refractivity contribution is 7.99. The van der Waals surface area contributed by atoms with Gasteiger partial charge in [0.05, 0.1) is 5.75 Å². The van der Waals surface area contributed by atoms with Crippen LogP contribution in [0, 0.1) is 12.7 Å². The monoisotopic (exact) mass is 370 g/mol. The van der Waals surface area contributed by atoms with E-state index in [0.29, 0.717) is 18.1 Å². The van der Waals surface area contributed by atoms with E-state index in [1.54, 1.807) is 12.1 Å². The van der Waals surface area contributed by atoms with Gasteiger partial charge in [0.2, 0.25) is 5.91 Å². The molecular weight excluding hydrogens is 351 g/mol. The summed E-state index contributed by atoms with van der Waals surface area (Å²) in [6, 6.07) is 16.1. The zero-order chi connectivity index (χ0) is 18.4. The van der Waals surface area contributed by atoms with Gasteiger partial charge >= 0.3 is 0 Å². The summed E-state index contributed by atoms with van der Waals surface area (Å²) in [6.07, 6.45) is 0.663. The standard InChI is InChI=1S/C19H19FN4OS/c1-14-22-23-19(24(14)17-5-3-2-4-6-17)26-13-18(25)21-12-11-15-7-9-16(20)10-8-15/h2-10H,11-13H2,1H3,(H,21,25). The van der Waals surface area contributed by atoms with E-state index in [1.165, 1.54) is 23.9 Å². The van der Waals surface area contributed by atoms with E-state index in [1.807, 2.05) is 41.8 Å². The first-order chi connectivity index (χ1) is 12.6. The number of thioether (sulfide) groups is 1. The van der Waals surface area contributed by atoms with E-state index in [2.05, 4.69) is 15.5 Å². The molecule has 0 spiro atoms. The van der Waals surface area contributed by atoms with Gasteiger partial charge in [0.15, 0.2) is 5.16 Å². The van der Waals surface area contributed by atoms with Crippen LogP contribution in [0.2, 0.25) is 0 Å². The molecule has 1 aromatic heterocycles. The summed E-state index contributed by atoms with van der Waals surface area (Å²) in [7, 11) is 0. The Hall–Kier alpha value is -2.67. The number of carbonyl (C=O) groups excluding carboxylic acids is 1. The van der Waals surface area contributed by atoms with Gasteiger partial charge < -0.3 is 5.32 Å². The van der Waals surface area contributed by atoms with Crippen molar-refractivity contribution in [1.82, 2.24) is 20.1 Å². The van der Waals surface area contributed by atoms with E-state index in [4.69, 9.17) is 0 Å². The van der Waals surface area contributed by atoms with Gasteiger partial charge in [-0.2, -0.15) is 0 Å². The summed E-state index contributed by atoms with van der Waals surface area (Å²) < 4.78 is 14.8. The lowest BCUT2D eigenvalue weighted by atomic mass is 10.1.